The average molecular weight is 285 g/mol. The lowest BCUT2D eigenvalue weighted by atomic mass is 10.00. The SMILES string of the molecule is CCOC(=O)[C@@H]1CCCN(C(=O)OC(C)(C)C)CC1=O. The van der Waals surface area contributed by atoms with Crippen molar-refractivity contribution in [3.05, 3.63) is 0 Å². The monoisotopic (exact) mass is 285 g/mol. The summed E-state index contributed by atoms with van der Waals surface area (Å²) in [7, 11) is 0. The lowest BCUT2D eigenvalue weighted by Gasteiger charge is -2.25. The van der Waals surface area contributed by atoms with Crippen LogP contribution in [0.5, 0.6) is 0 Å². The van der Waals surface area contributed by atoms with Crippen LogP contribution in [0.2, 0.25) is 0 Å². The van der Waals surface area contributed by atoms with Gasteiger partial charge in [-0.05, 0) is 40.5 Å². The Balaban J connectivity index is 2.67. The fourth-order valence-corrected chi connectivity index (χ4v) is 2.00. The molecule has 1 atom stereocenters. The third kappa shape index (κ3) is 4.83. The van der Waals surface area contributed by atoms with Crippen LogP contribution < -0.4 is 0 Å². The molecule has 0 radical (unpaired) electrons. The Morgan fingerprint density at radius 2 is 2.00 bits per heavy atom. The quantitative estimate of drug-likeness (QED) is 0.571. The van der Waals surface area contributed by atoms with Gasteiger partial charge in [-0.1, -0.05) is 0 Å². The average Bonchev–Trinajstić information content (AvgIpc) is 2.49. The first-order valence-electron chi connectivity index (χ1n) is 6.92. The lowest BCUT2D eigenvalue weighted by Crippen LogP contribution is -2.40. The first-order chi connectivity index (χ1) is 9.24. The van der Waals surface area contributed by atoms with Gasteiger partial charge in [0.05, 0.1) is 13.2 Å². The van der Waals surface area contributed by atoms with Gasteiger partial charge in [0.1, 0.15) is 11.5 Å². The Hall–Kier alpha value is -1.59. The molecule has 1 aliphatic rings. The van der Waals surface area contributed by atoms with Crippen LogP contribution in [0, 0.1) is 5.92 Å². The van der Waals surface area contributed by atoms with Gasteiger partial charge in [-0.15, -0.1) is 0 Å². The summed E-state index contributed by atoms with van der Waals surface area (Å²) in [6.45, 7) is 7.57. The van der Waals surface area contributed by atoms with Crippen molar-refractivity contribution >= 4 is 17.8 Å². The highest BCUT2D eigenvalue weighted by Crippen LogP contribution is 2.18. The Morgan fingerprint density at radius 3 is 2.55 bits per heavy atom. The highest BCUT2D eigenvalue weighted by atomic mass is 16.6. The smallest absolute Gasteiger partial charge is 0.410 e. The van der Waals surface area contributed by atoms with E-state index in [1.807, 2.05) is 0 Å². The Morgan fingerprint density at radius 1 is 1.35 bits per heavy atom. The van der Waals surface area contributed by atoms with E-state index < -0.39 is 23.6 Å². The van der Waals surface area contributed by atoms with Crippen LogP contribution in [0.4, 0.5) is 4.79 Å². The van der Waals surface area contributed by atoms with Gasteiger partial charge in [0, 0.05) is 6.54 Å². The number of amides is 1. The number of Topliss-reactive ketones (excluding diaryl/α,β-unsaturated/α-hetero) is 1. The molecule has 0 unspecified atom stereocenters. The molecule has 0 saturated carbocycles. The molecule has 1 rings (SSSR count). The number of ketones is 1. The summed E-state index contributed by atoms with van der Waals surface area (Å²) in [6.07, 6.45) is 0.473. The van der Waals surface area contributed by atoms with Crippen LogP contribution in [-0.2, 0) is 19.1 Å². The summed E-state index contributed by atoms with van der Waals surface area (Å²) in [5.74, 6) is -1.54. The van der Waals surface area contributed by atoms with Gasteiger partial charge in [0.25, 0.3) is 0 Å². The molecule has 0 aromatic carbocycles. The van der Waals surface area contributed by atoms with E-state index in [2.05, 4.69) is 0 Å². The van der Waals surface area contributed by atoms with Crippen molar-refractivity contribution in [3.63, 3.8) is 0 Å². The van der Waals surface area contributed by atoms with Crippen molar-refractivity contribution in [2.45, 2.75) is 46.1 Å². The first kappa shape index (κ1) is 16.5. The maximum Gasteiger partial charge on any atom is 0.410 e. The lowest BCUT2D eigenvalue weighted by molar-refractivity contribution is -0.151. The number of hydrogen-bond donors (Lipinski definition) is 0. The highest BCUT2D eigenvalue weighted by molar-refractivity contribution is 6.01. The minimum absolute atomic E-state index is 0.0988. The predicted octanol–water partition coefficient (Wildman–Crippen LogP) is 1.77. The van der Waals surface area contributed by atoms with Crippen LogP contribution in [-0.4, -0.2) is 48.0 Å². The molecule has 1 saturated heterocycles. The zero-order chi connectivity index (χ0) is 15.3. The van der Waals surface area contributed by atoms with Crippen LogP contribution in [0.15, 0.2) is 0 Å². The number of nitrogens with zero attached hydrogens (tertiary/aromatic N) is 1. The second-order valence-electron chi connectivity index (χ2n) is 5.82. The van der Waals surface area contributed by atoms with Crippen molar-refractivity contribution in [3.8, 4) is 0 Å². The topological polar surface area (TPSA) is 72.9 Å². The van der Waals surface area contributed by atoms with Gasteiger partial charge in [-0.3, -0.25) is 9.59 Å². The molecule has 1 fully saturated rings. The van der Waals surface area contributed by atoms with Crippen LogP contribution in [0.25, 0.3) is 0 Å². The zero-order valence-corrected chi connectivity index (χ0v) is 12.6. The Kier molecular flexibility index (Phi) is 5.53. The van der Waals surface area contributed by atoms with Crippen molar-refractivity contribution in [1.82, 2.24) is 4.90 Å². The van der Waals surface area contributed by atoms with Crippen molar-refractivity contribution in [1.29, 1.82) is 0 Å². The summed E-state index contributed by atoms with van der Waals surface area (Å²) in [5, 5.41) is 0. The van der Waals surface area contributed by atoms with Gasteiger partial charge in [0.15, 0.2) is 5.78 Å². The molecule has 0 aromatic rings. The molecule has 20 heavy (non-hydrogen) atoms. The van der Waals surface area contributed by atoms with Crippen LogP contribution >= 0.6 is 0 Å². The third-order valence-electron chi connectivity index (χ3n) is 2.88. The van der Waals surface area contributed by atoms with E-state index in [9.17, 15) is 14.4 Å². The summed E-state index contributed by atoms with van der Waals surface area (Å²) >= 11 is 0. The molecule has 0 bridgehead atoms. The second-order valence-corrected chi connectivity index (χ2v) is 5.82. The zero-order valence-electron chi connectivity index (χ0n) is 12.6. The van der Waals surface area contributed by atoms with E-state index in [4.69, 9.17) is 9.47 Å². The summed E-state index contributed by atoms with van der Waals surface area (Å²) in [5.41, 5.74) is -0.604. The Labute approximate surface area is 119 Å². The fraction of sp³-hybridized carbons (Fsp3) is 0.786. The highest BCUT2D eigenvalue weighted by Gasteiger charge is 2.34. The number of ether oxygens (including phenoxy) is 2. The molecule has 1 heterocycles. The number of carbonyl (C=O) groups excluding carboxylic acids is 3. The van der Waals surface area contributed by atoms with E-state index in [0.717, 1.165) is 0 Å². The van der Waals surface area contributed by atoms with E-state index >= 15 is 0 Å². The van der Waals surface area contributed by atoms with Crippen molar-refractivity contribution < 1.29 is 23.9 Å². The second kappa shape index (κ2) is 6.72. The van der Waals surface area contributed by atoms with E-state index in [1.165, 1.54) is 4.90 Å². The van der Waals surface area contributed by atoms with E-state index in [1.54, 1.807) is 27.7 Å². The molecular weight excluding hydrogens is 262 g/mol. The van der Waals surface area contributed by atoms with Crippen LogP contribution in [0.1, 0.15) is 40.5 Å². The molecular formula is C14H23NO5. The molecule has 0 aromatic heterocycles. The standard InChI is InChI=1S/C14H23NO5/c1-5-19-12(17)10-7-6-8-15(9-11(10)16)13(18)20-14(2,3)4/h10H,5-9H2,1-4H3/t10-/m1/s1. The maximum absolute atomic E-state index is 12.1. The van der Waals surface area contributed by atoms with Gasteiger partial charge >= 0.3 is 12.1 Å². The van der Waals surface area contributed by atoms with Crippen molar-refractivity contribution in [2.75, 3.05) is 19.7 Å². The molecule has 1 amide bonds. The van der Waals surface area contributed by atoms with Gasteiger partial charge < -0.3 is 14.4 Å². The largest absolute Gasteiger partial charge is 0.465 e. The first-order valence-corrected chi connectivity index (χ1v) is 6.92. The predicted molar refractivity (Wildman–Crippen MR) is 72.2 cm³/mol. The van der Waals surface area contributed by atoms with Crippen LogP contribution in [0.3, 0.4) is 0 Å². The third-order valence-corrected chi connectivity index (χ3v) is 2.88. The molecule has 1 aliphatic heterocycles. The van der Waals surface area contributed by atoms with Gasteiger partial charge in [0.2, 0.25) is 0 Å². The summed E-state index contributed by atoms with van der Waals surface area (Å²) < 4.78 is 10.1. The maximum atomic E-state index is 12.1. The number of likely N-dealkylation sites (tertiary alicyclic amines) is 1. The molecule has 6 heteroatoms. The fourth-order valence-electron chi connectivity index (χ4n) is 2.00. The summed E-state index contributed by atoms with van der Waals surface area (Å²) in [6, 6.07) is 0. The number of esters is 1. The normalized spacial score (nSPS) is 20.3. The number of carbonyl (C=O) groups is 3. The minimum Gasteiger partial charge on any atom is -0.465 e. The number of rotatable bonds is 2. The molecule has 0 spiro atoms. The van der Waals surface area contributed by atoms with Gasteiger partial charge in [-0.2, -0.15) is 0 Å². The van der Waals surface area contributed by atoms with Gasteiger partial charge in [-0.25, -0.2) is 4.79 Å². The number of hydrogen-bond acceptors (Lipinski definition) is 5. The molecule has 6 nitrogen and oxygen atoms in total. The van der Waals surface area contributed by atoms with E-state index in [0.29, 0.717) is 19.4 Å². The molecule has 0 N–H and O–H groups in total. The van der Waals surface area contributed by atoms with Crippen molar-refractivity contribution in [2.24, 2.45) is 5.92 Å². The molecule has 114 valence electrons. The van der Waals surface area contributed by atoms with E-state index in [-0.39, 0.29) is 18.9 Å². The Bertz CT molecular complexity index is 386. The minimum atomic E-state index is -0.762. The molecule has 0 aliphatic carbocycles. The summed E-state index contributed by atoms with van der Waals surface area (Å²) in [4.78, 5) is 37.1.